The molecule has 0 atom stereocenters. The molecule has 3 rings (SSSR count). The van der Waals surface area contributed by atoms with E-state index >= 15 is 0 Å². The molecule has 1 aliphatic rings. The predicted octanol–water partition coefficient (Wildman–Crippen LogP) is 1.15. The molecule has 0 spiro atoms. The Kier molecular flexibility index (Phi) is 4.34. The molecule has 1 saturated heterocycles. The molecule has 0 radical (unpaired) electrons. The van der Waals surface area contributed by atoms with Gasteiger partial charge in [0.2, 0.25) is 10.0 Å². The first-order valence-electron chi connectivity index (χ1n) is 7.47. The molecule has 1 aromatic carbocycles. The number of pyridine rings is 1. The lowest BCUT2D eigenvalue weighted by molar-refractivity contribution is 0.312. The second-order valence-electron chi connectivity index (χ2n) is 5.71. The normalized spacial score (nSPS) is 16.5. The van der Waals surface area contributed by atoms with Crippen LogP contribution in [0.5, 0.6) is 0 Å². The Balaban J connectivity index is 2.09. The quantitative estimate of drug-likeness (QED) is 0.912. The number of nitrogens with zero attached hydrogens (tertiary/aromatic N) is 3. The summed E-state index contributed by atoms with van der Waals surface area (Å²) >= 11 is 0. The third-order valence-electron chi connectivity index (χ3n) is 4.07. The highest BCUT2D eigenvalue weighted by molar-refractivity contribution is 7.89. The first-order valence-corrected chi connectivity index (χ1v) is 9.02. The van der Waals surface area contributed by atoms with Crippen molar-refractivity contribution in [3.05, 3.63) is 42.6 Å². The van der Waals surface area contributed by atoms with Gasteiger partial charge in [-0.25, -0.2) is 18.5 Å². The van der Waals surface area contributed by atoms with Crippen molar-refractivity contribution in [3.63, 3.8) is 0 Å². The molecule has 1 fully saturated rings. The number of likely N-dealkylation sites (N-methyl/N-ethyl adjacent to an activating group) is 1. The topological polar surface area (TPSA) is 79.5 Å². The number of piperazine rings is 1. The number of aromatic nitrogens is 1. The van der Waals surface area contributed by atoms with E-state index in [1.807, 2.05) is 18.2 Å². The van der Waals surface area contributed by atoms with E-state index in [2.05, 4.69) is 21.8 Å². The molecule has 0 unspecified atom stereocenters. The summed E-state index contributed by atoms with van der Waals surface area (Å²) in [4.78, 5) is 9.08. The molecule has 0 bridgehead atoms. The Morgan fingerprint density at radius 2 is 1.65 bits per heavy atom. The fourth-order valence-corrected chi connectivity index (χ4v) is 3.57. The minimum Gasteiger partial charge on any atom is -0.354 e. The first kappa shape index (κ1) is 15.9. The maximum absolute atomic E-state index is 11.9. The van der Waals surface area contributed by atoms with Crippen LogP contribution >= 0.6 is 0 Å². The summed E-state index contributed by atoms with van der Waals surface area (Å²) < 4.78 is 23.8. The number of anilines is 1. The zero-order chi connectivity index (χ0) is 16.4. The monoisotopic (exact) mass is 332 g/mol. The molecular formula is C16H20N4O2S. The van der Waals surface area contributed by atoms with Crippen molar-refractivity contribution in [2.24, 2.45) is 5.14 Å². The molecule has 2 heterocycles. The van der Waals surface area contributed by atoms with Gasteiger partial charge in [0.25, 0.3) is 0 Å². The molecule has 0 aliphatic carbocycles. The van der Waals surface area contributed by atoms with Gasteiger partial charge >= 0.3 is 0 Å². The minimum absolute atomic E-state index is 0.128. The van der Waals surface area contributed by atoms with Crippen molar-refractivity contribution in [1.82, 2.24) is 9.88 Å². The van der Waals surface area contributed by atoms with Crippen LogP contribution in [0.3, 0.4) is 0 Å². The van der Waals surface area contributed by atoms with E-state index in [1.165, 1.54) is 6.07 Å². The van der Waals surface area contributed by atoms with Crippen LogP contribution in [-0.2, 0) is 10.0 Å². The third kappa shape index (κ3) is 3.36. The molecule has 2 N–H and O–H groups in total. The highest BCUT2D eigenvalue weighted by Gasteiger charge is 2.22. The number of nitrogens with two attached hydrogens (primary N) is 1. The Morgan fingerprint density at radius 3 is 2.35 bits per heavy atom. The summed E-state index contributed by atoms with van der Waals surface area (Å²) in [5, 5.41) is 5.37. The summed E-state index contributed by atoms with van der Waals surface area (Å²) in [6.45, 7) is 3.62. The molecule has 23 heavy (non-hydrogen) atoms. The van der Waals surface area contributed by atoms with Crippen LogP contribution in [0.15, 0.2) is 47.5 Å². The maximum Gasteiger partial charge on any atom is 0.238 e. The molecule has 7 heteroatoms. The van der Waals surface area contributed by atoms with Gasteiger partial charge in [-0.3, -0.25) is 0 Å². The van der Waals surface area contributed by atoms with Crippen molar-refractivity contribution in [1.29, 1.82) is 0 Å². The fourth-order valence-electron chi connectivity index (χ4n) is 2.81. The minimum atomic E-state index is -3.79. The molecule has 0 saturated carbocycles. The van der Waals surface area contributed by atoms with Crippen LogP contribution in [-0.4, -0.2) is 51.5 Å². The van der Waals surface area contributed by atoms with E-state index in [-0.39, 0.29) is 4.90 Å². The van der Waals surface area contributed by atoms with Gasteiger partial charge in [-0.15, -0.1) is 0 Å². The van der Waals surface area contributed by atoms with E-state index in [0.29, 0.717) is 5.56 Å². The molecule has 0 amide bonds. The van der Waals surface area contributed by atoms with E-state index in [0.717, 1.165) is 37.6 Å². The van der Waals surface area contributed by atoms with Crippen molar-refractivity contribution in [2.45, 2.75) is 4.90 Å². The van der Waals surface area contributed by atoms with Crippen molar-refractivity contribution < 1.29 is 8.42 Å². The highest BCUT2D eigenvalue weighted by atomic mass is 32.2. The summed E-state index contributed by atoms with van der Waals surface area (Å²) in [7, 11) is -1.70. The van der Waals surface area contributed by atoms with E-state index < -0.39 is 10.0 Å². The largest absolute Gasteiger partial charge is 0.354 e. The second-order valence-corrected chi connectivity index (χ2v) is 7.24. The smallest absolute Gasteiger partial charge is 0.238 e. The van der Waals surface area contributed by atoms with Gasteiger partial charge in [0, 0.05) is 43.5 Å². The van der Waals surface area contributed by atoms with Crippen LogP contribution < -0.4 is 10.0 Å². The van der Waals surface area contributed by atoms with Gasteiger partial charge in [-0.05, 0) is 25.2 Å². The van der Waals surface area contributed by atoms with E-state index in [9.17, 15) is 8.42 Å². The zero-order valence-electron chi connectivity index (χ0n) is 13.0. The number of sulfonamides is 1. The van der Waals surface area contributed by atoms with Gasteiger partial charge in [-0.1, -0.05) is 18.2 Å². The standard InChI is InChI=1S/C16H20N4O2S/c1-19-9-11-20(12-10-19)16-14(6-4-8-18-16)13-5-2-3-7-15(13)23(17,21)22/h2-8H,9-12H2,1H3,(H2,17,21,22). The average molecular weight is 332 g/mol. The highest BCUT2D eigenvalue weighted by Crippen LogP contribution is 2.33. The number of hydrogen-bond acceptors (Lipinski definition) is 5. The summed E-state index contributed by atoms with van der Waals surface area (Å²) in [5.74, 6) is 0.803. The summed E-state index contributed by atoms with van der Waals surface area (Å²) in [6, 6.07) is 10.5. The Morgan fingerprint density at radius 1 is 1.00 bits per heavy atom. The number of benzene rings is 1. The Bertz CT molecular complexity index is 799. The van der Waals surface area contributed by atoms with Crippen molar-refractivity contribution in [2.75, 3.05) is 38.1 Å². The molecule has 1 aliphatic heterocycles. The molecule has 2 aromatic rings. The van der Waals surface area contributed by atoms with Crippen LogP contribution in [0.2, 0.25) is 0 Å². The molecular weight excluding hydrogens is 312 g/mol. The lowest BCUT2D eigenvalue weighted by Crippen LogP contribution is -2.45. The van der Waals surface area contributed by atoms with Gasteiger partial charge in [0.05, 0.1) is 4.90 Å². The van der Waals surface area contributed by atoms with E-state index in [4.69, 9.17) is 5.14 Å². The molecule has 6 nitrogen and oxygen atoms in total. The summed E-state index contributed by atoms with van der Waals surface area (Å²) in [5.41, 5.74) is 1.39. The molecule has 122 valence electrons. The SMILES string of the molecule is CN1CCN(c2ncccc2-c2ccccc2S(N)(=O)=O)CC1. The van der Waals surface area contributed by atoms with E-state index in [1.54, 1.807) is 18.3 Å². The Hall–Kier alpha value is -1.96. The van der Waals surface area contributed by atoms with Crippen molar-refractivity contribution in [3.8, 4) is 11.1 Å². The number of hydrogen-bond donors (Lipinski definition) is 1. The van der Waals surface area contributed by atoms with Crippen molar-refractivity contribution >= 4 is 15.8 Å². The van der Waals surface area contributed by atoms with Gasteiger partial charge in [0.15, 0.2) is 0 Å². The van der Waals surface area contributed by atoms with Crippen LogP contribution in [0.1, 0.15) is 0 Å². The second kappa shape index (κ2) is 6.27. The van der Waals surface area contributed by atoms with Crippen LogP contribution in [0, 0.1) is 0 Å². The number of primary sulfonamides is 1. The van der Waals surface area contributed by atoms with Gasteiger partial charge in [-0.2, -0.15) is 0 Å². The van der Waals surface area contributed by atoms with Crippen LogP contribution in [0.4, 0.5) is 5.82 Å². The van der Waals surface area contributed by atoms with Crippen LogP contribution in [0.25, 0.3) is 11.1 Å². The average Bonchev–Trinajstić information content (AvgIpc) is 2.55. The Labute approximate surface area is 136 Å². The molecule has 1 aromatic heterocycles. The van der Waals surface area contributed by atoms with Gasteiger partial charge < -0.3 is 9.80 Å². The number of rotatable bonds is 3. The first-order chi connectivity index (χ1) is 11.0. The zero-order valence-corrected chi connectivity index (χ0v) is 13.8. The fraction of sp³-hybridized carbons (Fsp3) is 0.312. The van der Waals surface area contributed by atoms with Gasteiger partial charge in [0.1, 0.15) is 5.82 Å². The predicted molar refractivity (Wildman–Crippen MR) is 90.8 cm³/mol. The maximum atomic E-state index is 11.9. The third-order valence-corrected chi connectivity index (χ3v) is 5.04. The lowest BCUT2D eigenvalue weighted by atomic mass is 10.1. The lowest BCUT2D eigenvalue weighted by Gasteiger charge is -2.34. The summed E-state index contributed by atoms with van der Waals surface area (Å²) in [6.07, 6.45) is 1.73.